The summed E-state index contributed by atoms with van der Waals surface area (Å²) in [6.45, 7) is 2.34. The van der Waals surface area contributed by atoms with Gasteiger partial charge in [0.1, 0.15) is 0 Å². The average molecular weight is 311 g/mol. The van der Waals surface area contributed by atoms with Crippen molar-refractivity contribution in [2.45, 2.75) is 25.0 Å². The van der Waals surface area contributed by atoms with Crippen LogP contribution in [-0.4, -0.2) is 23.2 Å². The van der Waals surface area contributed by atoms with Crippen LogP contribution in [-0.2, 0) is 15.6 Å². The van der Waals surface area contributed by atoms with E-state index < -0.39 is 9.05 Å². The first-order chi connectivity index (χ1) is 9.47. The minimum Gasteiger partial charge on any atom is -0.297 e. The average Bonchev–Trinajstić information content (AvgIpc) is 2.83. The SMILES string of the molecule is CCCn1c(-c2ccc(C#N)cc2)nnc1S(=O)(=O)Cl. The summed E-state index contributed by atoms with van der Waals surface area (Å²) in [5.74, 6) is 0.413. The van der Waals surface area contributed by atoms with Crippen molar-refractivity contribution < 1.29 is 8.42 Å². The van der Waals surface area contributed by atoms with Gasteiger partial charge in [0, 0.05) is 22.8 Å². The van der Waals surface area contributed by atoms with Gasteiger partial charge in [-0.2, -0.15) is 5.26 Å². The maximum Gasteiger partial charge on any atom is 0.296 e. The molecule has 1 heterocycles. The lowest BCUT2D eigenvalue weighted by Crippen LogP contribution is -2.07. The second kappa shape index (κ2) is 5.61. The van der Waals surface area contributed by atoms with E-state index in [1.54, 1.807) is 24.3 Å². The van der Waals surface area contributed by atoms with E-state index in [2.05, 4.69) is 10.2 Å². The van der Waals surface area contributed by atoms with Crippen LogP contribution in [0.25, 0.3) is 11.4 Å². The summed E-state index contributed by atoms with van der Waals surface area (Å²) >= 11 is 0. The van der Waals surface area contributed by atoms with Gasteiger partial charge in [0.15, 0.2) is 5.82 Å². The number of benzene rings is 1. The Bertz CT molecular complexity index is 760. The zero-order chi connectivity index (χ0) is 14.8. The van der Waals surface area contributed by atoms with Gasteiger partial charge in [-0.05, 0) is 30.7 Å². The van der Waals surface area contributed by atoms with Crippen LogP contribution in [0.4, 0.5) is 0 Å². The van der Waals surface area contributed by atoms with Crippen molar-refractivity contribution in [3.8, 4) is 17.5 Å². The molecule has 0 radical (unpaired) electrons. The fraction of sp³-hybridized carbons (Fsp3) is 0.250. The molecule has 20 heavy (non-hydrogen) atoms. The van der Waals surface area contributed by atoms with Crippen molar-refractivity contribution in [1.29, 1.82) is 5.26 Å². The number of nitriles is 1. The Balaban J connectivity index is 2.56. The number of hydrogen-bond donors (Lipinski definition) is 0. The van der Waals surface area contributed by atoms with Gasteiger partial charge in [-0.1, -0.05) is 6.92 Å². The Labute approximate surface area is 121 Å². The summed E-state index contributed by atoms with van der Waals surface area (Å²) in [6, 6.07) is 8.67. The lowest BCUT2D eigenvalue weighted by molar-refractivity contribution is 0.570. The van der Waals surface area contributed by atoms with Crippen molar-refractivity contribution in [3.05, 3.63) is 29.8 Å². The number of rotatable bonds is 4. The predicted octanol–water partition coefficient (Wildman–Crippen LogP) is 2.15. The fourth-order valence-corrected chi connectivity index (χ4v) is 2.72. The first-order valence-electron chi connectivity index (χ1n) is 5.85. The van der Waals surface area contributed by atoms with Crippen LogP contribution >= 0.6 is 10.7 Å². The summed E-state index contributed by atoms with van der Waals surface area (Å²) < 4.78 is 24.4. The highest BCUT2D eigenvalue weighted by atomic mass is 35.7. The molecule has 2 rings (SSSR count). The van der Waals surface area contributed by atoms with Crippen molar-refractivity contribution in [2.24, 2.45) is 0 Å². The molecule has 1 aromatic carbocycles. The Morgan fingerprint density at radius 2 is 1.95 bits per heavy atom. The molecule has 6 nitrogen and oxygen atoms in total. The molecule has 8 heteroatoms. The molecule has 0 aliphatic heterocycles. The van der Waals surface area contributed by atoms with Gasteiger partial charge >= 0.3 is 0 Å². The molecule has 0 amide bonds. The largest absolute Gasteiger partial charge is 0.297 e. The summed E-state index contributed by atoms with van der Waals surface area (Å²) in [7, 11) is 1.41. The van der Waals surface area contributed by atoms with Crippen LogP contribution in [0.1, 0.15) is 18.9 Å². The van der Waals surface area contributed by atoms with Crippen molar-refractivity contribution in [3.63, 3.8) is 0 Å². The number of nitrogens with zero attached hydrogens (tertiary/aromatic N) is 4. The van der Waals surface area contributed by atoms with Crippen molar-refractivity contribution in [2.75, 3.05) is 0 Å². The first kappa shape index (κ1) is 14.5. The summed E-state index contributed by atoms with van der Waals surface area (Å²) in [5, 5.41) is 16.1. The molecule has 0 aliphatic rings. The zero-order valence-corrected chi connectivity index (χ0v) is 12.2. The number of aromatic nitrogens is 3. The van der Waals surface area contributed by atoms with Crippen molar-refractivity contribution >= 4 is 19.7 Å². The van der Waals surface area contributed by atoms with E-state index >= 15 is 0 Å². The lowest BCUT2D eigenvalue weighted by atomic mass is 10.1. The maximum atomic E-state index is 11.5. The normalized spacial score (nSPS) is 11.2. The smallest absolute Gasteiger partial charge is 0.296 e. The highest BCUT2D eigenvalue weighted by Crippen LogP contribution is 2.23. The highest BCUT2D eigenvalue weighted by Gasteiger charge is 2.22. The predicted molar refractivity (Wildman–Crippen MR) is 73.5 cm³/mol. The molecule has 0 atom stereocenters. The van der Waals surface area contributed by atoms with E-state index in [1.165, 1.54) is 4.57 Å². The van der Waals surface area contributed by atoms with Gasteiger partial charge < -0.3 is 0 Å². The van der Waals surface area contributed by atoms with Gasteiger partial charge in [-0.25, -0.2) is 8.42 Å². The Hall–Kier alpha value is -1.91. The topological polar surface area (TPSA) is 88.6 Å². The van der Waals surface area contributed by atoms with E-state index in [1.807, 2.05) is 13.0 Å². The van der Waals surface area contributed by atoms with E-state index in [0.717, 1.165) is 0 Å². The van der Waals surface area contributed by atoms with Crippen LogP contribution in [0.2, 0.25) is 0 Å². The van der Waals surface area contributed by atoms with Gasteiger partial charge in [0.2, 0.25) is 0 Å². The first-order valence-corrected chi connectivity index (χ1v) is 8.16. The molecule has 0 saturated carbocycles. The molecule has 0 aliphatic carbocycles. The standard InChI is InChI=1S/C12H11ClN4O2S/c1-2-7-17-11(15-16-12(17)20(13,18)19)10-5-3-9(8-14)4-6-10/h3-6H,2,7H2,1H3. The molecular weight excluding hydrogens is 300 g/mol. The van der Waals surface area contributed by atoms with Crippen LogP contribution in [0.3, 0.4) is 0 Å². The van der Waals surface area contributed by atoms with E-state index in [0.29, 0.717) is 29.9 Å². The Morgan fingerprint density at radius 1 is 1.30 bits per heavy atom. The Morgan fingerprint density at radius 3 is 2.45 bits per heavy atom. The van der Waals surface area contributed by atoms with E-state index in [4.69, 9.17) is 15.9 Å². The van der Waals surface area contributed by atoms with Crippen LogP contribution in [0.5, 0.6) is 0 Å². The molecule has 0 spiro atoms. The molecule has 0 bridgehead atoms. The lowest BCUT2D eigenvalue weighted by Gasteiger charge is -2.07. The fourth-order valence-electron chi connectivity index (χ4n) is 1.80. The monoisotopic (exact) mass is 310 g/mol. The van der Waals surface area contributed by atoms with Crippen molar-refractivity contribution in [1.82, 2.24) is 14.8 Å². The van der Waals surface area contributed by atoms with Gasteiger partial charge in [0.05, 0.1) is 11.6 Å². The molecule has 0 N–H and O–H groups in total. The molecule has 2 aromatic rings. The minimum atomic E-state index is -3.95. The third kappa shape index (κ3) is 2.81. The van der Waals surface area contributed by atoms with Crippen LogP contribution in [0.15, 0.2) is 29.4 Å². The highest BCUT2D eigenvalue weighted by molar-refractivity contribution is 8.13. The number of hydrogen-bond acceptors (Lipinski definition) is 5. The molecule has 1 aromatic heterocycles. The van der Waals surface area contributed by atoms with E-state index in [-0.39, 0.29) is 5.16 Å². The summed E-state index contributed by atoms with van der Waals surface area (Å²) in [4.78, 5) is 0. The maximum absolute atomic E-state index is 11.5. The third-order valence-electron chi connectivity index (χ3n) is 2.65. The zero-order valence-electron chi connectivity index (χ0n) is 10.6. The molecule has 0 fully saturated rings. The van der Waals surface area contributed by atoms with Gasteiger partial charge in [-0.15, -0.1) is 10.2 Å². The van der Waals surface area contributed by atoms with E-state index in [9.17, 15) is 8.42 Å². The minimum absolute atomic E-state index is 0.264. The van der Waals surface area contributed by atoms with Gasteiger partial charge in [-0.3, -0.25) is 4.57 Å². The number of halogens is 1. The van der Waals surface area contributed by atoms with Crippen LogP contribution < -0.4 is 0 Å². The second-order valence-electron chi connectivity index (χ2n) is 4.08. The van der Waals surface area contributed by atoms with Crippen LogP contribution in [0, 0.1) is 11.3 Å². The molecular formula is C12H11ClN4O2S. The second-order valence-corrected chi connectivity index (χ2v) is 6.54. The quantitative estimate of drug-likeness (QED) is 0.807. The third-order valence-corrected chi connectivity index (χ3v) is 3.81. The molecule has 104 valence electrons. The Kier molecular flexibility index (Phi) is 4.06. The van der Waals surface area contributed by atoms with Gasteiger partial charge in [0.25, 0.3) is 14.2 Å². The molecule has 0 saturated heterocycles. The summed E-state index contributed by atoms with van der Waals surface area (Å²) in [5.41, 5.74) is 1.19. The molecule has 0 unspecified atom stereocenters. The summed E-state index contributed by atoms with van der Waals surface area (Å²) in [6.07, 6.45) is 0.709.